The van der Waals surface area contributed by atoms with Crippen molar-refractivity contribution in [2.45, 2.75) is 6.54 Å². The number of hydrogen-bond donors (Lipinski definition) is 1. The number of ether oxygens (including phenoxy) is 1. The molecular weight excluding hydrogens is 488 g/mol. The van der Waals surface area contributed by atoms with Crippen LogP contribution in [0.2, 0.25) is 0 Å². The number of carbonyl (C=O) groups excluding carboxylic acids is 1. The van der Waals surface area contributed by atoms with Gasteiger partial charge < -0.3 is 24.4 Å². The molecule has 4 aromatic rings. The van der Waals surface area contributed by atoms with Crippen molar-refractivity contribution in [2.75, 3.05) is 71.4 Å². The Hall–Kier alpha value is -3.88. The summed E-state index contributed by atoms with van der Waals surface area (Å²) >= 11 is 0. The first-order chi connectivity index (χ1) is 19.1. The highest BCUT2D eigenvalue weighted by Gasteiger charge is 2.23. The molecule has 0 saturated carbocycles. The molecule has 1 saturated heterocycles. The van der Waals surface area contributed by atoms with Crippen LogP contribution in [0.15, 0.2) is 79.0 Å². The smallest absolute Gasteiger partial charge is 0.270 e. The predicted molar refractivity (Wildman–Crippen MR) is 156 cm³/mol. The van der Waals surface area contributed by atoms with Crippen LogP contribution in [0.4, 0.5) is 5.82 Å². The number of piperazine rings is 1. The van der Waals surface area contributed by atoms with Gasteiger partial charge >= 0.3 is 0 Å². The van der Waals surface area contributed by atoms with Gasteiger partial charge in [0.15, 0.2) is 0 Å². The van der Waals surface area contributed by atoms with Gasteiger partial charge in [-0.05, 0) is 49.0 Å². The Kier molecular flexibility index (Phi) is 8.75. The standard InChI is InChI=1S/C31H38N6O2/c1-34(16-20-37(30-9-5-6-14-32-30)24-25-10-12-27(39-2)13-11-25)15-17-35-18-21-36(22-19-35)31(38)29-23-26-7-3-4-8-28(26)33-29/h3-14,23,33H,15-22,24H2,1-2H3. The molecule has 8 nitrogen and oxygen atoms in total. The molecule has 204 valence electrons. The SMILES string of the molecule is COc1ccc(CN(CCN(C)CCN2CCN(C(=O)c3cc4ccccc4[nH]3)CC2)c2ccccn2)cc1. The number of likely N-dealkylation sites (N-methyl/N-ethyl adjacent to an activating group) is 1. The minimum absolute atomic E-state index is 0.0921. The van der Waals surface area contributed by atoms with Gasteiger partial charge in [-0.15, -0.1) is 0 Å². The molecule has 0 aliphatic carbocycles. The van der Waals surface area contributed by atoms with Gasteiger partial charge in [0.05, 0.1) is 7.11 Å². The van der Waals surface area contributed by atoms with Gasteiger partial charge in [-0.1, -0.05) is 36.4 Å². The molecule has 39 heavy (non-hydrogen) atoms. The third kappa shape index (κ3) is 6.96. The van der Waals surface area contributed by atoms with Crippen molar-refractivity contribution in [3.05, 3.63) is 90.3 Å². The topological polar surface area (TPSA) is 67.9 Å². The Balaban J connectivity index is 1.08. The summed E-state index contributed by atoms with van der Waals surface area (Å²) < 4.78 is 5.31. The number of aromatic nitrogens is 2. The van der Waals surface area contributed by atoms with E-state index in [0.717, 1.165) is 81.4 Å². The number of hydrogen-bond acceptors (Lipinski definition) is 6. The fourth-order valence-corrected chi connectivity index (χ4v) is 5.02. The second-order valence-corrected chi connectivity index (χ2v) is 10.2. The van der Waals surface area contributed by atoms with Crippen molar-refractivity contribution in [3.8, 4) is 5.75 Å². The first kappa shape index (κ1) is 26.7. The molecule has 0 unspecified atom stereocenters. The Labute approximate surface area is 230 Å². The number of nitrogens with one attached hydrogen (secondary N) is 1. The predicted octanol–water partition coefficient (Wildman–Crippen LogP) is 3.97. The maximum absolute atomic E-state index is 13.0. The highest BCUT2D eigenvalue weighted by atomic mass is 16.5. The number of benzene rings is 2. The average molecular weight is 527 g/mol. The van der Waals surface area contributed by atoms with E-state index in [9.17, 15) is 4.79 Å². The first-order valence-electron chi connectivity index (χ1n) is 13.7. The lowest BCUT2D eigenvalue weighted by molar-refractivity contribution is 0.0622. The summed E-state index contributed by atoms with van der Waals surface area (Å²) in [7, 11) is 3.87. The van der Waals surface area contributed by atoms with Crippen molar-refractivity contribution < 1.29 is 9.53 Å². The summed E-state index contributed by atoms with van der Waals surface area (Å²) in [6, 6.07) is 24.3. The zero-order valence-corrected chi connectivity index (χ0v) is 22.9. The highest BCUT2D eigenvalue weighted by molar-refractivity contribution is 5.98. The molecule has 0 bridgehead atoms. The summed E-state index contributed by atoms with van der Waals surface area (Å²) in [5, 5.41) is 1.08. The van der Waals surface area contributed by atoms with Crippen molar-refractivity contribution in [3.63, 3.8) is 0 Å². The number of H-pyrrole nitrogens is 1. The molecule has 1 fully saturated rings. The lowest BCUT2D eigenvalue weighted by Gasteiger charge is -2.35. The molecule has 1 aliphatic rings. The van der Waals surface area contributed by atoms with Crippen LogP contribution in [0.3, 0.4) is 0 Å². The first-order valence-corrected chi connectivity index (χ1v) is 13.7. The number of fused-ring (bicyclic) bond motifs is 1. The van der Waals surface area contributed by atoms with E-state index in [1.54, 1.807) is 7.11 Å². The highest BCUT2D eigenvalue weighted by Crippen LogP contribution is 2.18. The van der Waals surface area contributed by atoms with Crippen molar-refractivity contribution >= 4 is 22.6 Å². The van der Waals surface area contributed by atoms with Crippen LogP contribution >= 0.6 is 0 Å². The summed E-state index contributed by atoms with van der Waals surface area (Å²) in [5.41, 5.74) is 2.91. The van der Waals surface area contributed by atoms with Crippen LogP contribution in [0.5, 0.6) is 5.75 Å². The third-order valence-electron chi connectivity index (χ3n) is 7.48. The number of pyridine rings is 1. The lowest BCUT2D eigenvalue weighted by Crippen LogP contribution is -2.50. The summed E-state index contributed by atoms with van der Waals surface area (Å²) in [4.78, 5) is 30.0. The number of anilines is 1. The van der Waals surface area contributed by atoms with E-state index in [2.05, 4.69) is 49.9 Å². The maximum Gasteiger partial charge on any atom is 0.270 e. The summed E-state index contributed by atoms with van der Waals surface area (Å²) in [5.74, 6) is 1.94. The van der Waals surface area contributed by atoms with Gasteiger partial charge in [0.25, 0.3) is 5.91 Å². The maximum atomic E-state index is 13.0. The zero-order chi connectivity index (χ0) is 27.0. The monoisotopic (exact) mass is 526 g/mol. The molecule has 2 aromatic heterocycles. The normalized spacial score (nSPS) is 14.2. The van der Waals surface area contributed by atoms with Gasteiger partial charge in [0, 0.05) is 76.0 Å². The molecular formula is C31H38N6O2. The van der Waals surface area contributed by atoms with Gasteiger partial charge in [-0.2, -0.15) is 0 Å². The quantitative estimate of drug-likeness (QED) is 0.319. The molecule has 1 aliphatic heterocycles. The second-order valence-electron chi connectivity index (χ2n) is 10.2. The zero-order valence-electron chi connectivity index (χ0n) is 22.9. The van der Waals surface area contributed by atoms with E-state index in [0.29, 0.717) is 5.69 Å². The fraction of sp³-hybridized carbons (Fsp3) is 0.355. The number of rotatable bonds is 11. The van der Waals surface area contributed by atoms with Crippen LogP contribution in [0.1, 0.15) is 16.1 Å². The Morgan fingerprint density at radius 3 is 2.44 bits per heavy atom. The van der Waals surface area contributed by atoms with Gasteiger partial charge in [-0.25, -0.2) is 4.98 Å². The van der Waals surface area contributed by atoms with Crippen LogP contribution in [0, 0.1) is 0 Å². The number of methoxy groups -OCH3 is 1. The number of nitrogens with zero attached hydrogens (tertiary/aromatic N) is 5. The average Bonchev–Trinajstić information content (AvgIpc) is 3.43. The number of carbonyl (C=O) groups is 1. The molecule has 0 spiro atoms. The molecule has 0 atom stereocenters. The molecule has 0 radical (unpaired) electrons. The molecule has 8 heteroatoms. The number of para-hydroxylation sites is 1. The van der Waals surface area contributed by atoms with Crippen molar-refractivity contribution in [2.24, 2.45) is 0 Å². The van der Waals surface area contributed by atoms with Gasteiger partial charge in [0.2, 0.25) is 0 Å². The number of aromatic amines is 1. The lowest BCUT2D eigenvalue weighted by atomic mass is 10.2. The molecule has 3 heterocycles. The van der Waals surface area contributed by atoms with E-state index in [4.69, 9.17) is 4.74 Å². The molecule has 5 rings (SSSR count). The minimum atomic E-state index is 0.0921. The van der Waals surface area contributed by atoms with Crippen molar-refractivity contribution in [1.82, 2.24) is 24.7 Å². The van der Waals surface area contributed by atoms with Crippen LogP contribution in [-0.2, 0) is 6.54 Å². The summed E-state index contributed by atoms with van der Waals surface area (Å²) in [6.07, 6.45) is 1.85. The van der Waals surface area contributed by atoms with Crippen molar-refractivity contribution in [1.29, 1.82) is 0 Å². The van der Waals surface area contributed by atoms with Gasteiger partial charge in [-0.3, -0.25) is 9.69 Å². The largest absolute Gasteiger partial charge is 0.497 e. The van der Waals surface area contributed by atoms with E-state index in [1.165, 1.54) is 5.56 Å². The molecule has 2 aromatic carbocycles. The fourth-order valence-electron chi connectivity index (χ4n) is 5.02. The van der Waals surface area contributed by atoms with E-state index in [1.807, 2.05) is 65.7 Å². The summed E-state index contributed by atoms with van der Waals surface area (Å²) in [6.45, 7) is 7.90. The van der Waals surface area contributed by atoms with E-state index in [-0.39, 0.29) is 5.91 Å². The van der Waals surface area contributed by atoms with E-state index < -0.39 is 0 Å². The molecule has 1 amide bonds. The van der Waals surface area contributed by atoms with E-state index >= 15 is 0 Å². The van der Waals surface area contributed by atoms with Crippen LogP contribution in [-0.4, -0.2) is 97.1 Å². The Bertz CT molecular complexity index is 1300. The Morgan fingerprint density at radius 2 is 1.72 bits per heavy atom. The minimum Gasteiger partial charge on any atom is -0.497 e. The number of amides is 1. The third-order valence-corrected chi connectivity index (χ3v) is 7.48. The van der Waals surface area contributed by atoms with Gasteiger partial charge in [0.1, 0.15) is 17.3 Å². The molecule has 1 N–H and O–H groups in total. The Morgan fingerprint density at radius 1 is 0.949 bits per heavy atom. The van der Waals surface area contributed by atoms with Crippen LogP contribution in [0.25, 0.3) is 10.9 Å². The second kappa shape index (κ2) is 12.8. The van der Waals surface area contributed by atoms with Crippen LogP contribution < -0.4 is 9.64 Å².